The van der Waals surface area contributed by atoms with Crippen molar-refractivity contribution in [2.75, 3.05) is 0 Å². The van der Waals surface area contributed by atoms with Crippen molar-refractivity contribution in [3.63, 3.8) is 0 Å². The number of benzene rings is 1. The summed E-state index contributed by atoms with van der Waals surface area (Å²) in [7, 11) is 1.91. The second-order valence-corrected chi connectivity index (χ2v) is 6.54. The van der Waals surface area contributed by atoms with Gasteiger partial charge < -0.3 is 15.0 Å². The molecular weight excluding hydrogens is 328 g/mol. The number of pyridine rings is 1. The van der Waals surface area contributed by atoms with E-state index in [4.69, 9.17) is 0 Å². The first-order valence-corrected chi connectivity index (χ1v) is 8.50. The molecule has 2 heterocycles. The van der Waals surface area contributed by atoms with Crippen LogP contribution in [0.2, 0.25) is 0 Å². The minimum Gasteiger partial charge on any atom is -0.506 e. The van der Waals surface area contributed by atoms with Gasteiger partial charge in [0.2, 0.25) is 0 Å². The van der Waals surface area contributed by atoms with Gasteiger partial charge in [-0.25, -0.2) is 4.98 Å². The fraction of sp³-hybridized carbons (Fsp3) is 0.250. The van der Waals surface area contributed by atoms with Crippen LogP contribution >= 0.6 is 0 Å². The van der Waals surface area contributed by atoms with Gasteiger partial charge in [-0.3, -0.25) is 9.78 Å². The summed E-state index contributed by atoms with van der Waals surface area (Å²) in [6.45, 7) is 4.10. The molecule has 0 fully saturated rings. The molecule has 1 amide bonds. The van der Waals surface area contributed by atoms with E-state index >= 15 is 0 Å². The molecule has 6 heteroatoms. The molecule has 0 saturated heterocycles. The standard InChI is InChI=1S/C20H22N4O2/c1-13(2)17(19-22-11-12-24(19)3)23-20(26)15-8-6-14(7-9-15)18-16(25)5-4-10-21-18/h4-13,17,25H,1-3H3,(H,23,26). The summed E-state index contributed by atoms with van der Waals surface area (Å²) in [6.07, 6.45) is 5.21. The zero-order valence-corrected chi connectivity index (χ0v) is 15.0. The Balaban J connectivity index is 1.80. The lowest BCUT2D eigenvalue weighted by Crippen LogP contribution is -2.33. The highest BCUT2D eigenvalue weighted by Gasteiger charge is 2.22. The molecule has 0 aliphatic rings. The van der Waals surface area contributed by atoms with E-state index in [-0.39, 0.29) is 23.6 Å². The predicted molar refractivity (Wildman–Crippen MR) is 99.6 cm³/mol. The highest BCUT2D eigenvalue weighted by atomic mass is 16.3. The van der Waals surface area contributed by atoms with Gasteiger partial charge in [0.1, 0.15) is 17.3 Å². The number of carbonyl (C=O) groups excluding carboxylic acids is 1. The maximum atomic E-state index is 12.7. The number of hydrogen-bond acceptors (Lipinski definition) is 4. The first-order chi connectivity index (χ1) is 12.5. The van der Waals surface area contributed by atoms with E-state index in [0.29, 0.717) is 11.3 Å². The van der Waals surface area contributed by atoms with E-state index in [1.165, 1.54) is 0 Å². The number of carbonyl (C=O) groups is 1. The zero-order valence-electron chi connectivity index (χ0n) is 15.0. The molecule has 1 unspecified atom stereocenters. The number of amides is 1. The van der Waals surface area contributed by atoms with Crippen molar-refractivity contribution in [2.45, 2.75) is 19.9 Å². The van der Waals surface area contributed by atoms with Crippen molar-refractivity contribution in [3.05, 3.63) is 66.4 Å². The largest absolute Gasteiger partial charge is 0.506 e. The van der Waals surface area contributed by atoms with E-state index < -0.39 is 0 Å². The number of aromatic nitrogens is 3. The van der Waals surface area contributed by atoms with Crippen molar-refractivity contribution in [2.24, 2.45) is 13.0 Å². The van der Waals surface area contributed by atoms with E-state index in [1.807, 2.05) is 31.7 Å². The van der Waals surface area contributed by atoms with Gasteiger partial charge in [-0.05, 0) is 30.2 Å². The third-order valence-electron chi connectivity index (χ3n) is 4.30. The average molecular weight is 350 g/mol. The normalized spacial score (nSPS) is 12.2. The molecule has 3 rings (SSSR count). The van der Waals surface area contributed by atoms with Crippen molar-refractivity contribution in [1.82, 2.24) is 19.9 Å². The SMILES string of the molecule is CC(C)C(NC(=O)c1ccc(-c2ncccc2O)cc1)c1nccn1C. The Kier molecular flexibility index (Phi) is 5.02. The molecule has 26 heavy (non-hydrogen) atoms. The summed E-state index contributed by atoms with van der Waals surface area (Å²) in [5.41, 5.74) is 1.79. The summed E-state index contributed by atoms with van der Waals surface area (Å²) in [5.74, 6) is 0.969. The lowest BCUT2D eigenvalue weighted by Gasteiger charge is -2.22. The lowest BCUT2D eigenvalue weighted by atomic mass is 10.0. The van der Waals surface area contributed by atoms with Crippen LogP contribution in [0.4, 0.5) is 0 Å². The molecule has 1 aromatic carbocycles. The van der Waals surface area contributed by atoms with Gasteiger partial charge in [0, 0.05) is 36.8 Å². The highest BCUT2D eigenvalue weighted by Crippen LogP contribution is 2.26. The summed E-state index contributed by atoms with van der Waals surface area (Å²) < 4.78 is 1.91. The summed E-state index contributed by atoms with van der Waals surface area (Å²) in [4.78, 5) is 21.2. The van der Waals surface area contributed by atoms with Gasteiger partial charge in [-0.15, -0.1) is 0 Å². The topological polar surface area (TPSA) is 80.0 Å². The summed E-state index contributed by atoms with van der Waals surface area (Å²) in [5, 5.41) is 13.0. The molecule has 0 spiro atoms. The van der Waals surface area contributed by atoms with E-state index in [9.17, 15) is 9.90 Å². The molecular formula is C20H22N4O2. The maximum absolute atomic E-state index is 12.7. The molecule has 0 bridgehead atoms. The van der Waals surface area contributed by atoms with Crippen molar-refractivity contribution >= 4 is 5.91 Å². The number of rotatable bonds is 5. The molecule has 0 aliphatic heterocycles. The molecule has 134 valence electrons. The highest BCUT2D eigenvalue weighted by molar-refractivity contribution is 5.95. The number of aryl methyl sites for hydroxylation is 1. The second kappa shape index (κ2) is 7.39. The molecule has 2 N–H and O–H groups in total. The van der Waals surface area contributed by atoms with Gasteiger partial charge in [0.05, 0.1) is 6.04 Å². The quantitative estimate of drug-likeness (QED) is 0.740. The fourth-order valence-corrected chi connectivity index (χ4v) is 2.83. The monoisotopic (exact) mass is 350 g/mol. The third kappa shape index (κ3) is 3.59. The molecule has 3 aromatic rings. The zero-order chi connectivity index (χ0) is 18.7. The number of nitrogens with zero attached hydrogens (tertiary/aromatic N) is 3. The van der Waals surface area contributed by atoms with E-state index in [2.05, 4.69) is 15.3 Å². The molecule has 6 nitrogen and oxygen atoms in total. The number of imidazole rings is 1. The smallest absolute Gasteiger partial charge is 0.251 e. The van der Waals surface area contributed by atoms with E-state index in [0.717, 1.165) is 11.4 Å². The van der Waals surface area contributed by atoms with Crippen LogP contribution in [0.25, 0.3) is 11.3 Å². The third-order valence-corrected chi connectivity index (χ3v) is 4.30. The van der Waals surface area contributed by atoms with Crippen LogP contribution in [0.5, 0.6) is 5.75 Å². The van der Waals surface area contributed by atoms with Crippen LogP contribution < -0.4 is 5.32 Å². The van der Waals surface area contributed by atoms with Crippen LogP contribution in [0.15, 0.2) is 55.0 Å². The Labute approximate surface area is 152 Å². The summed E-state index contributed by atoms with van der Waals surface area (Å²) >= 11 is 0. The molecule has 1 atom stereocenters. The van der Waals surface area contributed by atoms with Gasteiger partial charge in [0.15, 0.2) is 0 Å². The Morgan fingerprint density at radius 1 is 1.12 bits per heavy atom. The van der Waals surface area contributed by atoms with Crippen molar-refractivity contribution in [3.8, 4) is 17.0 Å². The molecule has 0 saturated carbocycles. The van der Waals surface area contributed by atoms with Gasteiger partial charge in [0.25, 0.3) is 5.91 Å². The number of hydrogen-bond donors (Lipinski definition) is 2. The van der Waals surface area contributed by atoms with Crippen LogP contribution in [-0.2, 0) is 7.05 Å². The Bertz CT molecular complexity index is 900. The molecule has 0 radical (unpaired) electrons. The van der Waals surface area contributed by atoms with Crippen LogP contribution in [0.1, 0.15) is 36.1 Å². The Hall–Kier alpha value is -3.15. The summed E-state index contributed by atoms with van der Waals surface area (Å²) in [6, 6.07) is 10.1. The Morgan fingerprint density at radius 2 is 1.85 bits per heavy atom. The second-order valence-electron chi connectivity index (χ2n) is 6.54. The molecule has 0 aliphatic carbocycles. The predicted octanol–water partition coefficient (Wildman–Crippen LogP) is 3.31. The van der Waals surface area contributed by atoms with Crippen LogP contribution in [-0.4, -0.2) is 25.5 Å². The first kappa shape index (κ1) is 17.7. The Morgan fingerprint density at radius 3 is 2.42 bits per heavy atom. The first-order valence-electron chi connectivity index (χ1n) is 8.50. The molecule has 2 aromatic heterocycles. The van der Waals surface area contributed by atoms with Crippen molar-refractivity contribution < 1.29 is 9.90 Å². The minimum absolute atomic E-state index is 0.111. The maximum Gasteiger partial charge on any atom is 0.251 e. The fourth-order valence-electron chi connectivity index (χ4n) is 2.83. The van der Waals surface area contributed by atoms with Crippen LogP contribution in [0.3, 0.4) is 0 Å². The van der Waals surface area contributed by atoms with E-state index in [1.54, 1.807) is 48.8 Å². The van der Waals surface area contributed by atoms with Crippen LogP contribution in [0, 0.1) is 5.92 Å². The average Bonchev–Trinajstić information content (AvgIpc) is 3.05. The number of aromatic hydroxyl groups is 1. The van der Waals surface area contributed by atoms with Gasteiger partial charge in [-0.2, -0.15) is 0 Å². The van der Waals surface area contributed by atoms with Gasteiger partial charge >= 0.3 is 0 Å². The number of nitrogens with one attached hydrogen (secondary N) is 1. The van der Waals surface area contributed by atoms with Crippen molar-refractivity contribution in [1.29, 1.82) is 0 Å². The van der Waals surface area contributed by atoms with Gasteiger partial charge in [-0.1, -0.05) is 26.0 Å². The minimum atomic E-state index is -0.179. The lowest BCUT2D eigenvalue weighted by molar-refractivity contribution is 0.0922.